The van der Waals surface area contributed by atoms with Gasteiger partial charge in [-0.05, 0) is 42.0 Å². The van der Waals surface area contributed by atoms with Gasteiger partial charge < -0.3 is 20.7 Å². The lowest BCUT2D eigenvalue weighted by Gasteiger charge is -2.25. The standard InChI is InChI=1S/C25H21N3O4/c1-28(18-11-8-16(9-12-18)23(26)29)22(15-6-4-3-5-7-15)21-19-13-10-17(25(31)32-2)14-20(19)27-24(21)30/h3-14H,1-2H3,(H2,26,29)(H,27,30)/b22-21-. The number of benzene rings is 3. The number of carbonyl (C=O) groups excluding carboxylic acids is 3. The number of carbonyl (C=O) groups is 3. The monoisotopic (exact) mass is 427 g/mol. The Labute approximate surface area is 185 Å². The summed E-state index contributed by atoms with van der Waals surface area (Å²) in [5, 5.41) is 2.86. The van der Waals surface area contributed by atoms with Crippen LogP contribution in [-0.2, 0) is 9.53 Å². The topological polar surface area (TPSA) is 102 Å². The zero-order chi connectivity index (χ0) is 22.8. The molecule has 0 bridgehead atoms. The number of primary amides is 1. The Morgan fingerprint density at radius 2 is 1.56 bits per heavy atom. The summed E-state index contributed by atoms with van der Waals surface area (Å²) >= 11 is 0. The van der Waals surface area contributed by atoms with Gasteiger partial charge in [-0.15, -0.1) is 0 Å². The molecule has 0 saturated heterocycles. The lowest BCUT2D eigenvalue weighted by Crippen LogP contribution is -2.20. The summed E-state index contributed by atoms with van der Waals surface area (Å²) in [6.07, 6.45) is 0. The Morgan fingerprint density at radius 3 is 2.19 bits per heavy atom. The second-order valence-electron chi connectivity index (χ2n) is 7.27. The minimum absolute atomic E-state index is 0.276. The molecule has 1 aliphatic rings. The quantitative estimate of drug-likeness (QED) is 0.479. The minimum Gasteiger partial charge on any atom is -0.465 e. The molecule has 0 atom stereocenters. The predicted octanol–water partition coefficient (Wildman–Crippen LogP) is 3.53. The first-order valence-electron chi connectivity index (χ1n) is 9.88. The Hall–Kier alpha value is -4.39. The molecular weight excluding hydrogens is 406 g/mol. The SMILES string of the molecule is COC(=O)c1ccc2c(c1)NC(=O)/C2=C(/c1ccccc1)N(C)c1ccc(C(N)=O)cc1. The predicted molar refractivity (Wildman–Crippen MR) is 123 cm³/mol. The lowest BCUT2D eigenvalue weighted by atomic mass is 9.98. The molecule has 4 rings (SSSR count). The molecule has 3 N–H and O–H groups in total. The molecule has 0 radical (unpaired) electrons. The maximum Gasteiger partial charge on any atom is 0.337 e. The summed E-state index contributed by atoms with van der Waals surface area (Å²) in [4.78, 5) is 38.3. The number of nitrogens with one attached hydrogen (secondary N) is 1. The maximum atomic E-state index is 13.1. The molecule has 7 nitrogen and oxygen atoms in total. The van der Waals surface area contributed by atoms with Crippen LogP contribution in [0.5, 0.6) is 0 Å². The summed E-state index contributed by atoms with van der Waals surface area (Å²) < 4.78 is 4.78. The average molecular weight is 427 g/mol. The van der Waals surface area contributed by atoms with Gasteiger partial charge in [-0.25, -0.2) is 4.79 Å². The van der Waals surface area contributed by atoms with Crippen molar-refractivity contribution in [2.45, 2.75) is 0 Å². The van der Waals surface area contributed by atoms with Gasteiger partial charge in [0.25, 0.3) is 5.91 Å². The molecule has 0 spiro atoms. The highest BCUT2D eigenvalue weighted by atomic mass is 16.5. The van der Waals surface area contributed by atoms with Crippen LogP contribution in [0.2, 0.25) is 0 Å². The van der Waals surface area contributed by atoms with Gasteiger partial charge >= 0.3 is 5.97 Å². The van der Waals surface area contributed by atoms with Crippen LogP contribution in [-0.4, -0.2) is 31.9 Å². The number of nitrogens with zero attached hydrogens (tertiary/aromatic N) is 1. The summed E-state index contributed by atoms with van der Waals surface area (Å²) in [6.45, 7) is 0. The number of amides is 2. The van der Waals surface area contributed by atoms with E-state index in [1.807, 2.05) is 42.3 Å². The molecule has 3 aromatic carbocycles. The third-order valence-corrected chi connectivity index (χ3v) is 5.34. The molecule has 3 aromatic rings. The van der Waals surface area contributed by atoms with E-state index in [4.69, 9.17) is 10.5 Å². The van der Waals surface area contributed by atoms with E-state index in [2.05, 4.69) is 5.32 Å². The van der Waals surface area contributed by atoms with Crippen LogP contribution in [0, 0.1) is 0 Å². The Bertz CT molecular complexity index is 1250. The van der Waals surface area contributed by atoms with Crippen molar-refractivity contribution in [1.82, 2.24) is 0 Å². The van der Waals surface area contributed by atoms with E-state index >= 15 is 0 Å². The molecule has 7 heteroatoms. The number of esters is 1. The van der Waals surface area contributed by atoms with Crippen molar-refractivity contribution < 1.29 is 19.1 Å². The van der Waals surface area contributed by atoms with Crippen LogP contribution in [0.15, 0.2) is 72.8 Å². The second-order valence-corrected chi connectivity index (χ2v) is 7.27. The molecule has 0 saturated carbocycles. The summed E-state index contributed by atoms with van der Waals surface area (Å²) in [5.74, 6) is -1.26. The van der Waals surface area contributed by atoms with Crippen LogP contribution < -0.4 is 16.0 Å². The van der Waals surface area contributed by atoms with E-state index in [0.717, 1.165) is 11.3 Å². The van der Waals surface area contributed by atoms with Crippen molar-refractivity contribution in [2.24, 2.45) is 5.73 Å². The van der Waals surface area contributed by atoms with Crippen molar-refractivity contribution in [1.29, 1.82) is 0 Å². The number of hydrogen-bond donors (Lipinski definition) is 2. The molecule has 0 aromatic heterocycles. The van der Waals surface area contributed by atoms with Gasteiger partial charge in [-0.3, -0.25) is 9.59 Å². The zero-order valence-electron chi connectivity index (χ0n) is 17.6. The molecule has 1 aliphatic heterocycles. The fourth-order valence-corrected chi connectivity index (χ4v) is 3.73. The van der Waals surface area contributed by atoms with E-state index in [0.29, 0.717) is 33.6 Å². The van der Waals surface area contributed by atoms with Gasteiger partial charge in [-0.1, -0.05) is 36.4 Å². The number of hydrogen-bond acceptors (Lipinski definition) is 5. The van der Waals surface area contributed by atoms with Crippen LogP contribution in [0.4, 0.5) is 11.4 Å². The van der Waals surface area contributed by atoms with Crippen molar-refractivity contribution in [3.05, 3.63) is 95.1 Å². The van der Waals surface area contributed by atoms with Gasteiger partial charge in [0.1, 0.15) is 0 Å². The summed E-state index contributed by atoms with van der Waals surface area (Å²) in [6, 6.07) is 21.4. The number of fused-ring (bicyclic) bond motifs is 1. The smallest absolute Gasteiger partial charge is 0.337 e. The Balaban J connectivity index is 1.89. The van der Waals surface area contributed by atoms with Gasteiger partial charge in [0.15, 0.2) is 0 Å². The summed E-state index contributed by atoms with van der Waals surface area (Å²) in [5.41, 5.74) is 10.1. The van der Waals surface area contributed by atoms with E-state index in [1.165, 1.54) is 7.11 Å². The van der Waals surface area contributed by atoms with Crippen LogP contribution >= 0.6 is 0 Å². The highest BCUT2D eigenvalue weighted by Crippen LogP contribution is 2.40. The first-order valence-corrected chi connectivity index (χ1v) is 9.88. The molecule has 0 aliphatic carbocycles. The van der Waals surface area contributed by atoms with Crippen LogP contribution in [0.3, 0.4) is 0 Å². The van der Waals surface area contributed by atoms with Gasteiger partial charge in [-0.2, -0.15) is 0 Å². The van der Waals surface area contributed by atoms with Gasteiger partial charge in [0.05, 0.1) is 29.6 Å². The number of methoxy groups -OCH3 is 1. The third-order valence-electron chi connectivity index (χ3n) is 5.34. The van der Waals surface area contributed by atoms with Gasteiger partial charge in [0, 0.05) is 23.9 Å². The Kier molecular flexibility index (Phi) is 5.47. The highest BCUT2D eigenvalue weighted by Gasteiger charge is 2.31. The highest BCUT2D eigenvalue weighted by molar-refractivity contribution is 6.37. The number of ether oxygens (including phenoxy) is 1. The normalized spacial score (nSPS) is 13.8. The van der Waals surface area contributed by atoms with E-state index < -0.39 is 11.9 Å². The maximum absolute atomic E-state index is 13.1. The molecule has 32 heavy (non-hydrogen) atoms. The van der Waals surface area contributed by atoms with E-state index in [-0.39, 0.29) is 5.91 Å². The Morgan fingerprint density at radius 1 is 0.906 bits per heavy atom. The molecule has 2 amide bonds. The fraction of sp³-hybridized carbons (Fsp3) is 0.0800. The number of rotatable bonds is 5. The van der Waals surface area contributed by atoms with Gasteiger partial charge in [0.2, 0.25) is 5.91 Å². The molecule has 0 fully saturated rings. The third kappa shape index (κ3) is 3.72. The molecule has 1 heterocycles. The first-order chi connectivity index (χ1) is 15.4. The molecule has 160 valence electrons. The average Bonchev–Trinajstić information content (AvgIpc) is 3.14. The lowest BCUT2D eigenvalue weighted by molar-refractivity contribution is -0.110. The van der Waals surface area contributed by atoms with Crippen molar-refractivity contribution in [2.75, 3.05) is 24.4 Å². The van der Waals surface area contributed by atoms with Crippen LogP contribution in [0.1, 0.15) is 31.8 Å². The number of anilines is 2. The molecular formula is C25H21N3O4. The number of nitrogens with two attached hydrogens (primary N) is 1. The largest absolute Gasteiger partial charge is 0.465 e. The van der Waals surface area contributed by atoms with E-state index in [9.17, 15) is 14.4 Å². The zero-order valence-corrected chi connectivity index (χ0v) is 17.6. The molecule has 0 unspecified atom stereocenters. The fourth-order valence-electron chi connectivity index (χ4n) is 3.73. The van der Waals surface area contributed by atoms with Crippen molar-refractivity contribution in [3.63, 3.8) is 0 Å². The minimum atomic E-state index is -0.508. The first kappa shape index (κ1) is 20.9. The second kappa shape index (κ2) is 8.39. The van der Waals surface area contributed by atoms with Crippen molar-refractivity contribution >= 4 is 40.4 Å². The van der Waals surface area contributed by atoms with Crippen LogP contribution in [0.25, 0.3) is 11.3 Å². The van der Waals surface area contributed by atoms with Crippen molar-refractivity contribution in [3.8, 4) is 0 Å². The van der Waals surface area contributed by atoms with E-state index in [1.54, 1.807) is 42.5 Å². The summed E-state index contributed by atoms with van der Waals surface area (Å²) in [7, 11) is 3.16.